The maximum atomic E-state index is 14.7. The van der Waals surface area contributed by atoms with Crippen molar-refractivity contribution in [1.29, 1.82) is 0 Å². The molecule has 1 aromatic heterocycles. The Morgan fingerprint density at radius 2 is 1.67 bits per heavy atom. The number of hydrogen-bond acceptors (Lipinski definition) is 4. The standard InChI is InChI=1S/C24H20F2N2O4S/c1-27-24(29)22-18-12-17(16-6-4-5-7-19(16)26)20(28(2)33(3,30)31)13-21(18)32-23(22)14-8-10-15(25)11-9-14/h4-13H,1-3H3,(H,27,29). The Hall–Kier alpha value is -3.72. The number of furan rings is 1. The van der Waals surface area contributed by atoms with Crippen LogP contribution in [0, 0.1) is 11.6 Å². The van der Waals surface area contributed by atoms with E-state index in [-0.39, 0.29) is 33.7 Å². The molecule has 0 saturated carbocycles. The minimum atomic E-state index is -3.70. The molecular weight excluding hydrogens is 450 g/mol. The van der Waals surface area contributed by atoms with E-state index in [1.54, 1.807) is 6.07 Å². The summed E-state index contributed by atoms with van der Waals surface area (Å²) in [5.74, 6) is -1.28. The summed E-state index contributed by atoms with van der Waals surface area (Å²) < 4.78 is 59.8. The zero-order valence-electron chi connectivity index (χ0n) is 18.0. The van der Waals surface area contributed by atoms with Crippen molar-refractivity contribution in [3.63, 3.8) is 0 Å². The van der Waals surface area contributed by atoms with Crippen molar-refractivity contribution < 1.29 is 26.4 Å². The maximum Gasteiger partial charge on any atom is 0.255 e. The number of halogens is 2. The number of amides is 1. The lowest BCUT2D eigenvalue weighted by atomic mass is 9.98. The number of fused-ring (bicyclic) bond motifs is 1. The molecule has 0 aliphatic rings. The van der Waals surface area contributed by atoms with E-state index in [0.29, 0.717) is 10.9 Å². The molecule has 1 amide bonds. The zero-order valence-corrected chi connectivity index (χ0v) is 18.8. The molecule has 4 rings (SSSR count). The van der Waals surface area contributed by atoms with Gasteiger partial charge in [-0.05, 0) is 36.4 Å². The predicted octanol–water partition coefficient (Wildman–Crippen LogP) is 4.80. The third-order valence-electron chi connectivity index (χ3n) is 5.37. The van der Waals surface area contributed by atoms with Crippen molar-refractivity contribution in [3.8, 4) is 22.5 Å². The number of rotatable bonds is 5. The number of benzene rings is 3. The quantitative estimate of drug-likeness (QED) is 0.454. The molecule has 4 aromatic rings. The van der Waals surface area contributed by atoms with Crippen LogP contribution in [0.3, 0.4) is 0 Å². The van der Waals surface area contributed by atoms with E-state index in [9.17, 15) is 22.0 Å². The highest BCUT2D eigenvalue weighted by Crippen LogP contribution is 2.41. The first-order valence-corrected chi connectivity index (χ1v) is 11.7. The monoisotopic (exact) mass is 470 g/mol. The van der Waals surface area contributed by atoms with Crippen molar-refractivity contribution in [2.75, 3.05) is 24.7 Å². The van der Waals surface area contributed by atoms with Crippen molar-refractivity contribution in [2.45, 2.75) is 0 Å². The molecule has 0 spiro atoms. The van der Waals surface area contributed by atoms with E-state index in [1.165, 1.54) is 68.7 Å². The van der Waals surface area contributed by atoms with Crippen molar-refractivity contribution in [3.05, 3.63) is 77.9 Å². The fraction of sp³-hybridized carbons (Fsp3) is 0.125. The highest BCUT2D eigenvalue weighted by Gasteiger charge is 2.26. The Kier molecular flexibility index (Phi) is 5.67. The van der Waals surface area contributed by atoms with Crippen LogP contribution in [-0.2, 0) is 10.0 Å². The van der Waals surface area contributed by atoms with E-state index in [2.05, 4.69) is 5.32 Å². The van der Waals surface area contributed by atoms with Gasteiger partial charge in [-0.25, -0.2) is 17.2 Å². The van der Waals surface area contributed by atoms with E-state index < -0.39 is 27.6 Å². The topological polar surface area (TPSA) is 79.6 Å². The molecule has 1 N–H and O–H groups in total. The first-order chi connectivity index (χ1) is 15.6. The molecule has 6 nitrogen and oxygen atoms in total. The van der Waals surface area contributed by atoms with Gasteiger partial charge in [0.2, 0.25) is 10.0 Å². The van der Waals surface area contributed by atoms with Crippen molar-refractivity contribution in [1.82, 2.24) is 5.32 Å². The molecule has 0 fully saturated rings. The minimum absolute atomic E-state index is 0.164. The average molecular weight is 470 g/mol. The Morgan fingerprint density at radius 1 is 1.00 bits per heavy atom. The van der Waals surface area contributed by atoms with Gasteiger partial charge in [-0.3, -0.25) is 9.10 Å². The Morgan fingerprint density at radius 3 is 2.27 bits per heavy atom. The maximum absolute atomic E-state index is 14.7. The molecule has 1 heterocycles. The van der Waals surface area contributed by atoms with Crippen LogP contribution in [-0.4, -0.2) is 34.7 Å². The fourth-order valence-electron chi connectivity index (χ4n) is 3.62. The van der Waals surface area contributed by atoms with Gasteiger partial charge in [-0.1, -0.05) is 18.2 Å². The zero-order chi connectivity index (χ0) is 23.9. The summed E-state index contributed by atoms with van der Waals surface area (Å²) in [5, 5.41) is 2.92. The highest BCUT2D eigenvalue weighted by molar-refractivity contribution is 7.92. The third kappa shape index (κ3) is 4.07. The summed E-state index contributed by atoms with van der Waals surface area (Å²) >= 11 is 0. The number of anilines is 1. The molecule has 0 saturated heterocycles. The smallest absolute Gasteiger partial charge is 0.255 e. The number of carbonyl (C=O) groups is 1. The number of nitrogens with one attached hydrogen (secondary N) is 1. The summed E-state index contributed by atoms with van der Waals surface area (Å²) in [6.45, 7) is 0. The second kappa shape index (κ2) is 8.32. The SMILES string of the molecule is CNC(=O)c1c(-c2ccc(F)cc2)oc2cc(N(C)S(C)(=O)=O)c(-c3ccccc3F)cc12. The van der Waals surface area contributed by atoms with Gasteiger partial charge in [0.15, 0.2) is 0 Å². The van der Waals surface area contributed by atoms with Crippen LogP contribution in [0.4, 0.5) is 14.5 Å². The summed E-state index contributed by atoms with van der Waals surface area (Å²) in [5.41, 5.74) is 1.46. The van der Waals surface area contributed by atoms with Gasteiger partial charge in [0.25, 0.3) is 5.91 Å². The first kappa shape index (κ1) is 22.5. The van der Waals surface area contributed by atoms with Gasteiger partial charge in [0.1, 0.15) is 23.0 Å². The molecule has 0 atom stereocenters. The molecule has 9 heteroatoms. The number of carbonyl (C=O) groups excluding carboxylic acids is 1. The van der Waals surface area contributed by atoms with Crippen LogP contribution in [0.2, 0.25) is 0 Å². The van der Waals surface area contributed by atoms with Crippen LogP contribution in [0.25, 0.3) is 33.4 Å². The molecule has 33 heavy (non-hydrogen) atoms. The summed E-state index contributed by atoms with van der Waals surface area (Å²) in [7, 11) is -0.892. The van der Waals surface area contributed by atoms with Crippen LogP contribution < -0.4 is 9.62 Å². The van der Waals surface area contributed by atoms with Crippen LogP contribution in [0.15, 0.2) is 65.1 Å². The molecule has 0 unspecified atom stereocenters. The molecule has 0 radical (unpaired) electrons. The van der Waals surface area contributed by atoms with Gasteiger partial charge in [0, 0.05) is 42.2 Å². The van der Waals surface area contributed by atoms with Crippen LogP contribution in [0.5, 0.6) is 0 Å². The highest BCUT2D eigenvalue weighted by atomic mass is 32.2. The molecule has 170 valence electrons. The number of sulfonamides is 1. The molecular formula is C24H20F2N2O4S. The second-order valence-electron chi connectivity index (χ2n) is 7.47. The molecule has 0 aliphatic heterocycles. The average Bonchev–Trinajstić information content (AvgIpc) is 3.15. The van der Waals surface area contributed by atoms with Gasteiger partial charge in [0.05, 0.1) is 17.5 Å². The summed E-state index contributed by atoms with van der Waals surface area (Å²) in [6, 6.07) is 14.4. The van der Waals surface area contributed by atoms with E-state index in [1.807, 2.05) is 0 Å². The lowest BCUT2D eigenvalue weighted by molar-refractivity contribution is 0.0964. The van der Waals surface area contributed by atoms with Gasteiger partial charge >= 0.3 is 0 Å². The van der Waals surface area contributed by atoms with Crippen LogP contribution >= 0.6 is 0 Å². The first-order valence-electron chi connectivity index (χ1n) is 9.89. The Labute approximate surface area is 189 Å². The summed E-state index contributed by atoms with van der Waals surface area (Å²) in [6.07, 6.45) is 1.03. The normalized spacial score (nSPS) is 11.5. The van der Waals surface area contributed by atoms with Gasteiger partial charge < -0.3 is 9.73 Å². The lowest BCUT2D eigenvalue weighted by Gasteiger charge is -2.21. The number of hydrogen-bond donors (Lipinski definition) is 1. The minimum Gasteiger partial charge on any atom is -0.455 e. The van der Waals surface area contributed by atoms with E-state index in [4.69, 9.17) is 4.42 Å². The third-order valence-corrected chi connectivity index (χ3v) is 6.56. The summed E-state index contributed by atoms with van der Waals surface area (Å²) in [4.78, 5) is 12.8. The Bertz CT molecular complexity index is 1480. The van der Waals surface area contributed by atoms with Crippen molar-refractivity contribution >= 4 is 32.6 Å². The fourth-order valence-corrected chi connectivity index (χ4v) is 4.13. The Balaban J connectivity index is 2.10. The number of nitrogens with zero attached hydrogens (tertiary/aromatic N) is 1. The van der Waals surface area contributed by atoms with E-state index in [0.717, 1.165) is 10.6 Å². The van der Waals surface area contributed by atoms with Crippen LogP contribution in [0.1, 0.15) is 10.4 Å². The largest absolute Gasteiger partial charge is 0.455 e. The van der Waals surface area contributed by atoms with Crippen molar-refractivity contribution in [2.24, 2.45) is 0 Å². The second-order valence-corrected chi connectivity index (χ2v) is 9.48. The molecule has 0 bridgehead atoms. The predicted molar refractivity (Wildman–Crippen MR) is 124 cm³/mol. The van der Waals surface area contributed by atoms with Gasteiger partial charge in [-0.15, -0.1) is 0 Å². The molecule has 3 aromatic carbocycles. The lowest BCUT2D eigenvalue weighted by Crippen LogP contribution is -2.25. The van der Waals surface area contributed by atoms with Gasteiger partial charge in [-0.2, -0.15) is 0 Å². The van der Waals surface area contributed by atoms with E-state index >= 15 is 0 Å². The molecule has 0 aliphatic carbocycles.